The summed E-state index contributed by atoms with van der Waals surface area (Å²) in [7, 11) is 0. The van der Waals surface area contributed by atoms with Crippen LogP contribution in [0.3, 0.4) is 0 Å². The maximum absolute atomic E-state index is 12.4. The first-order chi connectivity index (χ1) is 6.29. The molecule has 0 N–H and O–H groups in total. The molecular weight excluding hydrogens is 171 g/mol. The van der Waals surface area contributed by atoms with Crippen molar-refractivity contribution in [2.75, 3.05) is 18.0 Å². The van der Waals surface area contributed by atoms with Crippen molar-refractivity contribution < 1.29 is 4.39 Å². The van der Waals surface area contributed by atoms with Crippen LogP contribution in [0.25, 0.3) is 0 Å². The van der Waals surface area contributed by atoms with Gasteiger partial charge in [0, 0.05) is 13.1 Å². The molecular formula is C8H7FN4. The van der Waals surface area contributed by atoms with Gasteiger partial charge < -0.3 is 4.90 Å². The van der Waals surface area contributed by atoms with Crippen LogP contribution in [0.2, 0.25) is 0 Å². The number of nitriles is 1. The minimum Gasteiger partial charge on any atom is -0.338 e. The third-order valence-electron chi connectivity index (χ3n) is 1.95. The minimum absolute atomic E-state index is 0.0636. The van der Waals surface area contributed by atoms with E-state index in [1.807, 2.05) is 4.90 Å². The van der Waals surface area contributed by atoms with E-state index in [1.54, 1.807) is 0 Å². The van der Waals surface area contributed by atoms with Gasteiger partial charge in [0.15, 0.2) is 5.82 Å². The average Bonchev–Trinajstić information content (AvgIpc) is 2.06. The van der Waals surface area contributed by atoms with Crippen LogP contribution in [0.1, 0.15) is 0 Å². The first-order valence-corrected chi connectivity index (χ1v) is 3.91. The Morgan fingerprint density at radius 3 is 2.62 bits per heavy atom. The number of nitrogens with zero attached hydrogens (tertiary/aromatic N) is 4. The Morgan fingerprint density at radius 2 is 2.08 bits per heavy atom. The van der Waals surface area contributed by atoms with Crippen LogP contribution >= 0.6 is 0 Å². The molecule has 0 unspecified atom stereocenters. The lowest BCUT2D eigenvalue weighted by atomic mass is 10.0. The summed E-state index contributed by atoms with van der Waals surface area (Å²) in [6, 6.07) is 2.14. The summed E-state index contributed by atoms with van der Waals surface area (Å²) in [5, 5.41) is 8.52. The predicted molar refractivity (Wildman–Crippen MR) is 43.3 cm³/mol. The van der Waals surface area contributed by atoms with Gasteiger partial charge in [-0.25, -0.2) is 14.4 Å². The summed E-state index contributed by atoms with van der Waals surface area (Å²) in [6.45, 7) is 1.28. The molecule has 0 aromatic carbocycles. The van der Waals surface area contributed by atoms with E-state index in [9.17, 15) is 4.39 Å². The van der Waals surface area contributed by atoms with Crippen molar-refractivity contribution in [3.63, 3.8) is 0 Å². The fourth-order valence-electron chi connectivity index (χ4n) is 1.19. The van der Waals surface area contributed by atoms with Gasteiger partial charge in [-0.3, -0.25) is 0 Å². The van der Waals surface area contributed by atoms with Crippen molar-refractivity contribution >= 4 is 5.95 Å². The van der Waals surface area contributed by atoms with Crippen LogP contribution in [-0.4, -0.2) is 23.1 Å². The molecule has 1 aromatic heterocycles. The topological polar surface area (TPSA) is 52.8 Å². The van der Waals surface area contributed by atoms with Crippen molar-refractivity contribution in [2.45, 2.75) is 0 Å². The average molecular weight is 178 g/mol. The highest BCUT2D eigenvalue weighted by Crippen LogP contribution is 2.19. The standard InChI is InChI=1S/C8H7FN4/c9-7-2-11-8(12-3-7)13-4-6(1-10)5-13/h2-3,6H,4-5H2. The molecule has 1 aliphatic heterocycles. The molecule has 0 aliphatic carbocycles. The van der Waals surface area contributed by atoms with Gasteiger partial charge in [0.2, 0.25) is 5.95 Å². The van der Waals surface area contributed by atoms with Gasteiger partial charge in [-0.1, -0.05) is 0 Å². The summed E-state index contributed by atoms with van der Waals surface area (Å²) in [5.74, 6) is 0.114. The van der Waals surface area contributed by atoms with E-state index in [0.717, 1.165) is 12.4 Å². The Morgan fingerprint density at radius 1 is 1.46 bits per heavy atom. The molecule has 13 heavy (non-hydrogen) atoms. The smallest absolute Gasteiger partial charge is 0.225 e. The van der Waals surface area contributed by atoms with Crippen LogP contribution in [0.15, 0.2) is 12.4 Å². The maximum Gasteiger partial charge on any atom is 0.225 e. The Balaban J connectivity index is 2.04. The molecule has 2 heterocycles. The zero-order chi connectivity index (χ0) is 9.26. The first-order valence-electron chi connectivity index (χ1n) is 3.91. The molecule has 0 saturated carbocycles. The van der Waals surface area contributed by atoms with Crippen LogP contribution in [-0.2, 0) is 0 Å². The van der Waals surface area contributed by atoms with E-state index >= 15 is 0 Å². The van der Waals surface area contributed by atoms with Crippen molar-refractivity contribution in [2.24, 2.45) is 5.92 Å². The second kappa shape index (κ2) is 2.98. The quantitative estimate of drug-likeness (QED) is 0.631. The van der Waals surface area contributed by atoms with E-state index in [1.165, 1.54) is 0 Å². The number of anilines is 1. The number of aromatic nitrogens is 2. The van der Waals surface area contributed by atoms with Gasteiger partial charge in [-0.15, -0.1) is 0 Å². The van der Waals surface area contributed by atoms with Gasteiger partial charge >= 0.3 is 0 Å². The monoisotopic (exact) mass is 178 g/mol. The highest BCUT2D eigenvalue weighted by Gasteiger charge is 2.28. The van der Waals surface area contributed by atoms with Crippen LogP contribution in [0.4, 0.5) is 10.3 Å². The molecule has 0 spiro atoms. The Bertz CT molecular complexity index is 336. The summed E-state index contributed by atoms with van der Waals surface area (Å²) in [4.78, 5) is 9.44. The lowest BCUT2D eigenvalue weighted by molar-refractivity contribution is 0.491. The van der Waals surface area contributed by atoms with Crippen molar-refractivity contribution in [1.29, 1.82) is 5.26 Å². The normalized spacial score (nSPS) is 16.5. The number of halogens is 1. The lowest BCUT2D eigenvalue weighted by Crippen LogP contribution is -2.46. The van der Waals surface area contributed by atoms with E-state index < -0.39 is 5.82 Å². The van der Waals surface area contributed by atoms with Gasteiger partial charge in [-0.05, 0) is 0 Å². The maximum atomic E-state index is 12.4. The molecule has 1 saturated heterocycles. The second-order valence-electron chi connectivity index (χ2n) is 2.93. The molecule has 66 valence electrons. The van der Waals surface area contributed by atoms with Crippen LogP contribution in [0, 0.1) is 23.1 Å². The molecule has 1 aliphatic rings. The Hall–Kier alpha value is -1.70. The van der Waals surface area contributed by atoms with Gasteiger partial charge in [-0.2, -0.15) is 5.26 Å². The summed E-state index contributed by atoms with van der Waals surface area (Å²) >= 11 is 0. The summed E-state index contributed by atoms with van der Waals surface area (Å²) in [5.41, 5.74) is 0. The van der Waals surface area contributed by atoms with Gasteiger partial charge in [0.1, 0.15) is 0 Å². The van der Waals surface area contributed by atoms with E-state index in [-0.39, 0.29) is 5.92 Å². The van der Waals surface area contributed by atoms with Crippen LogP contribution < -0.4 is 4.90 Å². The summed E-state index contributed by atoms with van der Waals surface area (Å²) < 4.78 is 12.4. The molecule has 5 heteroatoms. The Labute approximate surface area is 74.6 Å². The van der Waals surface area contributed by atoms with Crippen LogP contribution in [0.5, 0.6) is 0 Å². The number of rotatable bonds is 1. The van der Waals surface area contributed by atoms with Crippen molar-refractivity contribution in [3.05, 3.63) is 18.2 Å². The minimum atomic E-state index is -0.443. The zero-order valence-electron chi connectivity index (χ0n) is 6.81. The fourth-order valence-corrected chi connectivity index (χ4v) is 1.19. The fraction of sp³-hybridized carbons (Fsp3) is 0.375. The Kier molecular flexibility index (Phi) is 1.81. The largest absolute Gasteiger partial charge is 0.338 e. The van der Waals surface area contributed by atoms with E-state index in [4.69, 9.17) is 5.26 Å². The molecule has 2 rings (SSSR count). The summed E-state index contributed by atoms with van der Waals surface area (Å²) in [6.07, 6.45) is 2.25. The van der Waals surface area contributed by atoms with E-state index in [0.29, 0.717) is 19.0 Å². The SMILES string of the molecule is N#CC1CN(c2ncc(F)cn2)C1. The molecule has 0 radical (unpaired) electrons. The molecule has 0 amide bonds. The first kappa shape index (κ1) is 7.92. The third-order valence-corrected chi connectivity index (χ3v) is 1.95. The molecule has 0 atom stereocenters. The van der Waals surface area contributed by atoms with Gasteiger partial charge in [0.05, 0.1) is 24.4 Å². The number of hydrogen-bond acceptors (Lipinski definition) is 4. The van der Waals surface area contributed by atoms with Crippen molar-refractivity contribution in [1.82, 2.24) is 9.97 Å². The highest BCUT2D eigenvalue weighted by atomic mass is 19.1. The molecule has 0 bridgehead atoms. The molecule has 1 fully saturated rings. The second-order valence-corrected chi connectivity index (χ2v) is 2.93. The predicted octanol–water partition coefficient (Wildman–Crippen LogP) is 0.575. The molecule has 1 aromatic rings. The third kappa shape index (κ3) is 1.43. The molecule has 4 nitrogen and oxygen atoms in total. The zero-order valence-corrected chi connectivity index (χ0v) is 6.81. The van der Waals surface area contributed by atoms with Crippen molar-refractivity contribution in [3.8, 4) is 6.07 Å². The lowest BCUT2D eigenvalue weighted by Gasteiger charge is -2.34. The van der Waals surface area contributed by atoms with E-state index in [2.05, 4.69) is 16.0 Å². The van der Waals surface area contributed by atoms with Gasteiger partial charge in [0.25, 0.3) is 0 Å². The highest BCUT2D eigenvalue weighted by molar-refractivity contribution is 5.34. The number of hydrogen-bond donors (Lipinski definition) is 0.